The minimum Gasteiger partial charge on any atom is -0.497 e. The number of carbonyl (C=O) groups excluding carboxylic acids is 3. The zero-order valence-electron chi connectivity index (χ0n) is 23.5. The molecule has 0 aliphatic carbocycles. The number of ketones is 1. The molecule has 1 heterocycles. The van der Waals surface area contributed by atoms with Crippen LogP contribution in [-0.4, -0.2) is 50.1 Å². The van der Waals surface area contributed by atoms with Crippen LogP contribution in [0.2, 0.25) is 0 Å². The third-order valence-corrected chi connectivity index (χ3v) is 6.34. The van der Waals surface area contributed by atoms with Crippen LogP contribution in [0.5, 0.6) is 23.0 Å². The lowest BCUT2D eigenvalue weighted by atomic mass is 9.86. The van der Waals surface area contributed by atoms with E-state index in [2.05, 4.69) is 4.98 Å². The zero-order valence-corrected chi connectivity index (χ0v) is 23.5. The van der Waals surface area contributed by atoms with Gasteiger partial charge in [0.2, 0.25) is 5.75 Å². The molecule has 11 heteroatoms. The van der Waals surface area contributed by atoms with Gasteiger partial charge in [-0.2, -0.15) is 0 Å². The van der Waals surface area contributed by atoms with E-state index < -0.39 is 47.3 Å². The highest BCUT2D eigenvalue weighted by Gasteiger charge is 2.33. The molecule has 0 radical (unpaired) electrons. The summed E-state index contributed by atoms with van der Waals surface area (Å²) in [6.45, 7) is 4.12. The molecule has 0 aliphatic heterocycles. The van der Waals surface area contributed by atoms with Crippen molar-refractivity contribution in [1.82, 2.24) is 4.98 Å². The predicted molar refractivity (Wildman–Crippen MR) is 144 cm³/mol. The summed E-state index contributed by atoms with van der Waals surface area (Å²) in [5, 5.41) is 0. The maximum absolute atomic E-state index is 15.1. The Labute approximate surface area is 236 Å². The molecule has 0 unspecified atom stereocenters. The van der Waals surface area contributed by atoms with Crippen molar-refractivity contribution >= 4 is 17.7 Å². The molecule has 0 saturated carbocycles. The molecular formula is C30H31F2NO8. The summed E-state index contributed by atoms with van der Waals surface area (Å²) in [5.41, 5.74) is -0.124. The molecule has 1 aromatic heterocycles. The van der Waals surface area contributed by atoms with Crippen LogP contribution in [-0.2, 0) is 14.3 Å². The number of nitrogens with zero attached hydrogens (tertiary/aromatic N) is 1. The van der Waals surface area contributed by atoms with Gasteiger partial charge in [-0.1, -0.05) is 6.92 Å². The summed E-state index contributed by atoms with van der Waals surface area (Å²) >= 11 is 0. The largest absolute Gasteiger partial charge is 0.497 e. The van der Waals surface area contributed by atoms with Crippen LogP contribution < -0.4 is 18.9 Å². The second-order valence-corrected chi connectivity index (χ2v) is 9.21. The number of hydrogen-bond donors (Lipinski definition) is 0. The van der Waals surface area contributed by atoms with E-state index >= 15 is 8.78 Å². The Kier molecular flexibility index (Phi) is 10.3. The average Bonchev–Trinajstić information content (AvgIpc) is 2.94. The Morgan fingerprint density at radius 1 is 0.854 bits per heavy atom. The third-order valence-electron chi connectivity index (χ3n) is 6.34. The molecule has 218 valence electrons. The molecule has 0 N–H and O–H groups in total. The molecule has 0 spiro atoms. The maximum Gasteiger partial charge on any atom is 0.309 e. The highest BCUT2D eigenvalue weighted by atomic mass is 19.1. The number of ether oxygens (including phenoxy) is 5. The first-order valence-corrected chi connectivity index (χ1v) is 12.6. The summed E-state index contributed by atoms with van der Waals surface area (Å²) < 4.78 is 56.7. The lowest BCUT2D eigenvalue weighted by Crippen LogP contribution is -2.29. The van der Waals surface area contributed by atoms with Gasteiger partial charge in [-0.25, -0.2) is 13.8 Å². The Hall–Kier alpha value is -4.54. The lowest BCUT2D eigenvalue weighted by Gasteiger charge is -2.27. The van der Waals surface area contributed by atoms with Gasteiger partial charge in [-0.15, -0.1) is 0 Å². The fourth-order valence-electron chi connectivity index (χ4n) is 4.31. The van der Waals surface area contributed by atoms with Gasteiger partial charge in [0.1, 0.15) is 29.2 Å². The maximum atomic E-state index is 15.1. The average molecular weight is 572 g/mol. The van der Waals surface area contributed by atoms with Crippen molar-refractivity contribution in [2.75, 3.05) is 21.3 Å². The van der Waals surface area contributed by atoms with E-state index in [0.29, 0.717) is 11.5 Å². The van der Waals surface area contributed by atoms with Crippen molar-refractivity contribution in [3.8, 4) is 23.0 Å². The standard InChI is InChI=1S/C30H31F2NO8/c1-16(13-25(35)28-29(41-18(3)34)26(39-6)11-12-33-28)30(36)40-17(2)27(21-14-19(37-4)7-9-23(21)31)22-15-20(38-5)8-10-24(22)32/h7-12,14-17,27H,13H2,1-6H3/t16-,17+/m1/s1. The fraction of sp³-hybridized carbons (Fsp3) is 0.333. The van der Waals surface area contributed by atoms with Crippen LogP contribution in [0.25, 0.3) is 0 Å². The number of benzene rings is 2. The molecule has 0 amide bonds. The van der Waals surface area contributed by atoms with E-state index in [1.165, 1.54) is 83.8 Å². The van der Waals surface area contributed by atoms with Crippen LogP contribution in [0.4, 0.5) is 8.78 Å². The monoisotopic (exact) mass is 571 g/mol. The second kappa shape index (κ2) is 13.7. The third kappa shape index (κ3) is 7.36. The molecular weight excluding hydrogens is 540 g/mol. The highest BCUT2D eigenvalue weighted by Crippen LogP contribution is 2.37. The van der Waals surface area contributed by atoms with Crippen LogP contribution in [0.1, 0.15) is 54.7 Å². The van der Waals surface area contributed by atoms with Crippen LogP contribution in [0, 0.1) is 17.6 Å². The molecule has 2 aromatic carbocycles. The van der Waals surface area contributed by atoms with E-state index in [-0.39, 0.29) is 34.7 Å². The molecule has 3 rings (SSSR count). The zero-order chi connectivity index (χ0) is 30.3. The molecule has 0 bridgehead atoms. The first kappa shape index (κ1) is 31.0. The molecule has 9 nitrogen and oxygen atoms in total. The minimum absolute atomic E-state index is 0.0344. The van der Waals surface area contributed by atoms with Crippen molar-refractivity contribution in [3.63, 3.8) is 0 Å². The van der Waals surface area contributed by atoms with Crippen LogP contribution >= 0.6 is 0 Å². The summed E-state index contributed by atoms with van der Waals surface area (Å²) in [7, 11) is 4.15. The number of Topliss-reactive ketones (excluding diaryl/α,β-unsaturated/α-hetero) is 1. The van der Waals surface area contributed by atoms with Crippen LogP contribution in [0.15, 0.2) is 48.7 Å². The van der Waals surface area contributed by atoms with Gasteiger partial charge in [0.25, 0.3) is 0 Å². The van der Waals surface area contributed by atoms with Crippen molar-refractivity contribution in [3.05, 3.63) is 77.1 Å². The van der Waals surface area contributed by atoms with Crippen molar-refractivity contribution < 1.29 is 46.8 Å². The van der Waals surface area contributed by atoms with Crippen LogP contribution in [0.3, 0.4) is 0 Å². The summed E-state index contributed by atoms with van der Waals surface area (Å²) in [5.74, 6) is -4.90. The summed E-state index contributed by atoms with van der Waals surface area (Å²) in [6.07, 6.45) is -0.138. The Bertz CT molecular complexity index is 1370. The van der Waals surface area contributed by atoms with Gasteiger partial charge in [0, 0.05) is 36.7 Å². The molecule has 41 heavy (non-hydrogen) atoms. The first-order valence-electron chi connectivity index (χ1n) is 12.6. The minimum atomic E-state index is -1.09. The first-order chi connectivity index (χ1) is 19.5. The van der Waals surface area contributed by atoms with Crippen molar-refractivity contribution in [1.29, 1.82) is 0 Å². The molecule has 0 saturated heterocycles. The van der Waals surface area contributed by atoms with E-state index in [1.54, 1.807) is 0 Å². The number of esters is 2. The Morgan fingerprint density at radius 2 is 1.41 bits per heavy atom. The number of hydrogen-bond acceptors (Lipinski definition) is 9. The Morgan fingerprint density at radius 3 is 1.90 bits per heavy atom. The summed E-state index contributed by atoms with van der Waals surface area (Å²) in [4.78, 5) is 41.8. The number of carbonyl (C=O) groups is 3. The number of pyridine rings is 1. The normalized spacial score (nSPS) is 12.3. The van der Waals surface area contributed by atoms with E-state index in [4.69, 9.17) is 23.7 Å². The van der Waals surface area contributed by atoms with Crippen molar-refractivity contribution in [2.45, 2.75) is 39.2 Å². The molecule has 3 aromatic rings. The SMILES string of the molecule is COc1ccc(F)c(C(c2cc(OC)ccc2F)[C@H](C)OC(=O)[C@H](C)CC(=O)c2nccc(OC)c2OC(C)=O)c1. The van der Waals surface area contributed by atoms with Gasteiger partial charge in [-0.05, 0) is 43.3 Å². The van der Waals surface area contributed by atoms with Gasteiger partial charge in [-0.3, -0.25) is 14.4 Å². The van der Waals surface area contributed by atoms with E-state index in [0.717, 1.165) is 6.92 Å². The second-order valence-electron chi connectivity index (χ2n) is 9.21. The highest BCUT2D eigenvalue weighted by molar-refractivity contribution is 5.99. The summed E-state index contributed by atoms with van der Waals surface area (Å²) in [6, 6.07) is 9.41. The number of halogens is 2. The molecule has 2 atom stereocenters. The predicted octanol–water partition coefficient (Wildman–Crippen LogP) is 5.28. The topological polar surface area (TPSA) is 110 Å². The molecule has 0 aliphatic rings. The Balaban J connectivity index is 1.90. The van der Waals surface area contributed by atoms with Gasteiger partial charge in [0.15, 0.2) is 17.2 Å². The number of rotatable bonds is 12. The fourth-order valence-corrected chi connectivity index (χ4v) is 4.31. The molecule has 0 fully saturated rings. The van der Waals surface area contributed by atoms with Gasteiger partial charge < -0.3 is 23.7 Å². The van der Waals surface area contributed by atoms with Gasteiger partial charge in [0.05, 0.1) is 33.2 Å². The number of aromatic nitrogens is 1. The quantitative estimate of drug-likeness (QED) is 0.212. The van der Waals surface area contributed by atoms with Crippen molar-refractivity contribution in [2.24, 2.45) is 5.92 Å². The lowest BCUT2D eigenvalue weighted by molar-refractivity contribution is -0.153. The van der Waals surface area contributed by atoms with Gasteiger partial charge >= 0.3 is 11.9 Å². The number of methoxy groups -OCH3 is 3. The van der Waals surface area contributed by atoms with E-state index in [9.17, 15) is 14.4 Å². The smallest absolute Gasteiger partial charge is 0.309 e. The van der Waals surface area contributed by atoms with E-state index in [1.807, 2.05) is 0 Å².